The number of ether oxygens (including phenoxy) is 4. The number of rotatable bonds is 8. The maximum absolute atomic E-state index is 12.4. The van der Waals surface area contributed by atoms with Crippen LogP contribution < -0.4 is 14.2 Å². The number of hydrogen-bond donors (Lipinski definition) is 0. The summed E-state index contributed by atoms with van der Waals surface area (Å²) in [5.74, 6) is 0.452. The van der Waals surface area contributed by atoms with Crippen molar-refractivity contribution in [1.82, 2.24) is 9.80 Å². The van der Waals surface area contributed by atoms with E-state index in [1.54, 1.807) is 52.1 Å². The molecule has 0 N–H and O–H groups in total. The molecule has 0 unspecified atom stereocenters. The number of carbonyl (C=O) groups is 3. The molecular formula is C24H32N2O7. The monoisotopic (exact) mass is 460 g/mol. The first-order chi connectivity index (χ1) is 15.6. The van der Waals surface area contributed by atoms with E-state index in [1.807, 2.05) is 0 Å². The molecule has 9 heteroatoms. The molecule has 3 amide bonds. The van der Waals surface area contributed by atoms with Crippen LogP contribution in [0.4, 0.5) is 4.79 Å². The normalized spacial score (nSPS) is 13.8. The van der Waals surface area contributed by atoms with Gasteiger partial charge in [0.1, 0.15) is 12.2 Å². The zero-order valence-electron chi connectivity index (χ0n) is 20.0. The number of hydrogen-bond acceptors (Lipinski definition) is 7. The van der Waals surface area contributed by atoms with Crippen LogP contribution in [-0.4, -0.2) is 74.3 Å². The highest BCUT2D eigenvalue weighted by Crippen LogP contribution is 2.39. The van der Waals surface area contributed by atoms with Gasteiger partial charge in [-0.3, -0.25) is 14.5 Å². The third-order valence-corrected chi connectivity index (χ3v) is 4.59. The van der Waals surface area contributed by atoms with Crippen molar-refractivity contribution in [3.05, 3.63) is 35.9 Å². The molecule has 0 aliphatic carbocycles. The number of carbonyl (C=O) groups excluding carboxylic acids is 3. The largest absolute Gasteiger partial charge is 0.493 e. The van der Waals surface area contributed by atoms with Gasteiger partial charge in [-0.15, -0.1) is 0 Å². The Bertz CT molecular complexity index is 906. The third-order valence-electron chi connectivity index (χ3n) is 4.59. The van der Waals surface area contributed by atoms with Gasteiger partial charge >= 0.3 is 6.09 Å². The van der Waals surface area contributed by atoms with Crippen LogP contribution in [0.2, 0.25) is 0 Å². The number of amides is 3. The molecule has 9 nitrogen and oxygen atoms in total. The summed E-state index contributed by atoms with van der Waals surface area (Å²) >= 11 is 0. The van der Waals surface area contributed by atoms with Crippen molar-refractivity contribution in [3.63, 3.8) is 0 Å². The van der Waals surface area contributed by atoms with E-state index in [9.17, 15) is 14.4 Å². The number of likely N-dealkylation sites (N-methyl/N-ethyl adjacent to an activating group) is 1. The predicted octanol–water partition coefficient (Wildman–Crippen LogP) is 3.28. The Hall–Kier alpha value is -3.49. The number of imide groups is 1. The molecule has 1 aromatic rings. The van der Waals surface area contributed by atoms with E-state index < -0.39 is 17.6 Å². The highest BCUT2D eigenvalue weighted by Gasteiger charge is 2.21. The minimum atomic E-state index is -0.582. The lowest BCUT2D eigenvalue weighted by Gasteiger charge is -2.24. The first-order valence-electron chi connectivity index (χ1n) is 10.6. The van der Waals surface area contributed by atoms with E-state index in [4.69, 9.17) is 18.9 Å². The molecule has 0 aromatic heterocycles. The molecule has 2 rings (SSSR count). The van der Waals surface area contributed by atoms with Gasteiger partial charge in [0.25, 0.3) is 11.8 Å². The Kier molecular flexibility index (Phi) is 8.90. The Balaban J connectivity index is 2.08. The third kappa shape index (κ3) is 7.55. The lowest BCUT2D eigenvalue weighted by Crippen LogP contribution is -2.37. The van der Waals surface area contributed by atoms with Gasteiger partial charge in [0.05, 0.1) is 20.8 Å². The molecule has 1 aliphatic rings. The Morgan fingerprint density at radius 3 is 2.33 bits per heavy atom. The van der Waals surface area contributed by atoms with E-state index in [0.717, 1.165) is 0 Å². The average Bonchev–Trinajstić information content (AvgIpc) is 2.76. The Morgan fingerprint density at radius 2 is 1.79 bits per heavy atom. The van der Waals surface area contributed by atoms with Gasteiger partial charge in [-0.1, -0.05) is 6.08 Å². The summed E-state index contributed by atoms with van der Waals surface area (Å²) < 4.78 is 22.0. The fraction of sp³-hybridized carbons (Fsp3) is 0.458. The number of nitrogens with zero attached hydrogens (tertiary/aromatic N) is 2. The fourth-order valence-corrected chi connectivity index (χ4v) is 2.92. The molecule has 0 saturated carbocycles. The van der Waals surface area contributed by atoms with Crippen LogP contribution in [0.25, 0.3) is 6.08 Å². The highest BCUT2D eigenvalue weighted by molar-refractivity contribution is 6.06. The van der Waals surface area contributed by atoms with Crippen LogP contribution >= 0.6 is 0 Å². The number of methoxy groups -OCH3 is 2. The highest BCUT2D eigenvalue weighted by atomic mass is 16.6. The molecule has 180 valence electrons. The maximum atomic E-state index is 12.4. The zero-order valence-corrected chi connectivity index (χ0v) is 20.0. The molecule has 0 spiro atoms. The molecule has 33 heavy (non-hydrogen) atoms. The van der Waals surface area contributed by atoms with Gasteiger partial charge in [0.15, 0.2) is 11.5 Å². The molecule has 0 bridgehead atoms. The van der Waals surface area contributed by atoms with Crippen molar-refractivity contribution >= 4 is 24.0 Å². The van der Waals surface area contributed by atoms with Crippen LogP contribution in [-0.2, 0) is 14.3 Å². The predicted molar refractivity (Wildman–Crippen MR) is 123 cm³/mol. The smallest absolute Gasteiger partial charge is 0.410 e. The topological polar surface area (TPSA) is 94.6 Å². The van der Waals surface area contributed by atoms with Crippen LogP contribution in [0.1, 0.15) is 32.8 Å². The molecule has 1 aliphatic heterocycles. The molecular weight excluding hydrogens is 428 g/mol. The van der Waals surface area contributed by atoms with E-state index in [0.29, 0.717) is 35.8 Å². The SMILES string of the molecule is COc1cc(/C=C/C(=O)N2CCC=CC2=O)cc(OC)c1OCCN(C)C(=O)OC(C)(C)C. The minimum absolute atomic E-state index is 0.181. The van der Waals surface area contributed by atoms with Crippen molar-refractivity contribution in [2.24, 2.45) is 0 Å². The average molecular weight is 461 g/mol. The van der Waals surface area contributed by atoms with Gasteiger partial charge in [0.2, 0.25) is 5.75 Å². The lowest BCUT2D eigenvalue weighted by molar-refractivity contribution is -0.139. The summed E-state index contributed by atoms with van der Waals surface area (Å²) in [5.41, 5.74) is 0.0525. The number of benzene rings is 1. The maximum Gasteiger partial charge on any atom is 0.410 e. The van der Waals surface area contributed by atoms with Crippen LogP contribution in [0.3, 0.4) is 0 Å². The van der Waals surface area contributed by atoms with Crippen molar-refractivity contribution in [2.75, 3.05) is 41.0 Å². The van der Waals surface area contributed by atoms with Crippen molar-refractivity contribution < 1.29 is 33.3 Å². The van der Waals surface area contributed by atoms with Crippen LogP contribution in [0.5, 0.6) is 17.2 Å². The van der Waals surface area contributed by atoms with E-state index >= 15 is 0 Å². The molecule has 1 heterocycles. The molecule has 0 radical (unpaired) electrons. The van der Waals surface area contributed by atoms with Crippen molar-refractivity contribution in [1.29, 1.82) is 0 Å². The summed E-state index contributed by atoms with van der Waals surface area (Å²) in [7, 11) is 4.61. The molecule has 0 fully saturated rings. The van der Waals surface area contributed by atoms with Gasteiger partial charge < -0.3 is 23.8 Å². The summed E-state index contributed by atoms with van der Waals surface area (Å²) in [6.45, 7) is 6.23. The van der Waals surface area contributed by atoms with Crippen LogP contribution in [0.15, 0.2) is 30.4 Å². The van der Waals surface area contributed by atoms with Gasteiger partial charge in [-0.05, 0) is 57.0 Å². The molecule has 0 atom stereocenters. The molecule has 1 aromatic carbocycles. The summed E-state index contributed by atoms with van der Waals surface area (Å²) in [5, 5.41) is 0. The lowest BCUT2D eigenvalue weighted by atomic mass is 10.1. The zero-order chi connectivity index (χ0) is 24.6. The fourth-order valence-electron chi connectivity index (χ4n) is 2.92. The second-order valence-corrected chi connectivity index (χ2v) is 8.36. The van der Waals surface area contributed by atoms with Crippen molar-refractivity contribution in [3.8, 4) is 17.2 Å². The second-order valence-electron chi connectivity index (χ2n) is 8.36. The van der Waals surface area contributed by atoms with Crippen LogP contribution in [0, 0.1) is 0 Å². The van der Waals surface area contributed by atoms with Crippen molar-refractivity contribution in [2.45, 2.75) is 32.8 Å². The first kappa shape index (κ1) is 25.8. The standard InChI is InChI=1S/C24H32N2O7/c1-24(2,3)33-23(29)25(4)13-14-32-22-18(30-5)15-17(16-19(22)31-6)10-11-21(28)26-12-8-7-9-20(26)27/h7,9-11,15-16H,8,12-14H2,1-6H3/b11-10+. The summed E-state index contributed by atoms with van der Waals surface area (Å²) in [6, 6.07) is 3.38. The van der Waals surface area contributed by atoms with Gasteiger partial charge in [-0.25, -0.2) is 4.79 Å². The minimum Gasteiger partial charge on any atom is -0.493 e. The summed E-state index contributed by atoms with van der Waals surface area (Å²) in [4.78, 5) is 38.9. The quantitative estimate of drug-likeness (QED) is 0.550. The van der Waals surface area contributed by atoms with E-state index in [-0.39, 0.29) is 19.1 Å². The second kappa shape index (κ2) is 11.4. The van der Waals surface area contributed by atoms with E-state index in [2.05, 4.69) is 0 Å². The van der Waals surface area contributed by atoms with Gasteiger partial charge in [0, 0.05) is 19.7 Å². The first-order valence-corrected chi connectivity index (χ1v) is 10.6. The van der Waals surface area contributed by atoms with Gasteiger partial charge in [-0.2, -0.15) is 0 Å². The molecule has 0 saturated heterocycles. The van der Waals surface area contributed by atoms with E-state index in [1.165, 1.54) is 36.2 Å². The Labute approximate surface area is 194 Å². The Morgan fingerprint density at radius 1 is 1.15 bits per heavy atom. The summed E-state index contributed by atoms with van der Waals surface area (Å²) in [6.07, 6.45) is 6.25.